The van der Waals surface area contributed by atoms with Crippen LogP contribution in [-0.4, -0.2) is 67.6 Å². The molecule has 0 aliphatic carbocycles. The Balaban J connectivity index is 1.32. The number of halogens is 3. The van der Waals surface area contributed by atoms with Gasteiger partial charge in [-0.1, -0.05) is 17.7 Å². The van der Waals surface area contributed by atoms with E-state index in [1.807, 2.05) is 24.3 Å². The Bertz CT molecular complexity index is 966. The largest absolute Gasteiger partial charge is 0.368 e. The van der Waals surface area contributed by atoms with Crippen molar-refractivity contribution in [2.45, 2.75) is 0 Å². The first-order chi connectivity index (χ1) is 14.4. The van der Waals surface area contributed by atoms with E-state index in [-0.39, 0.29) is 24.2 Å². The maximum absolute atomic E-state index is 13.5. The fraction of sp³-hybridized carbons (Fsp3) is 0.333. The third kappa shape index (κ3) is 4.18. The first-order valence-corrected chi connectivity index (χ1v) is 10.1. The van der Waals surface area contributed by atoms with Crippen LogP contribution in [0, 0.1) is 11.6 Å². The van der Waals surface area contributed by atoms with Crippen LogP contribution in [0.25, 0.3) is 0 Å². The molecule has 0 atom stereocenters. The molecule has 0 bridgehead atoms. The van der Waals surface area contributed by atoms with E-state index in [1.165, 1.54) is 15.9 Å². The van der Waals surface area contributed by atoms with Crippen LogP contribution in [0.15, 0.2) is 42.5 Å². The van der Waals surface area contributed by atoms with Crippen LogP contribution in [0.5, 0.6) is 0 Å². The van der Waals surface area contributed by atoms with Gasteiger partial charge in [-0.2, -0.15) is 0 Å². The van der Waals surface area contributed by atoms with Gasteiger partial charge in [0.2, 0.25) is 5.91 Å². The molecule has 0 N–H and O–H groups in total. The van der Waals surface area contributed by atoms with Gasteiger partial charge in [0, 0.05) is 61.7 Å². The first kappa shape index (κ1) is 20.4. The second kappa shape index (κ2) is 8.47. The summed E-state index contributed by atoms with van der Waals surface area (Å²) in [5, 5.41) is 0.671. The van der Waals surface area contributed by atoms with Gasteiger partial charge < -0.3 is 14.7 Å². The normalized spacial score (nSPS) is 17.1. The van der Waals surface area contributed by atoms with Crippen molar-refractivity contribution in [3.8, 4) is 0 Å². The molecule has 2 saturated heterocycles. The lowest BCUT2D eigenvalue weighted by Gasteiger charge is -2.36. The molecule has 9 heteroatoms. The van der Waals surface area contributed by atoms with Gasteiger partial charge in [0.05, 0.1) is 0 Å². The molecule has 0 radical (unpaired) electrons. The lowest BCUT2D eigenvalue weighted by atomic mass is 10.2. The van der Waals surface area contributed by atoms with Crippen molar-refractivity contribution in [3.05, 3.63) is 59.1 Å². The number of carbonyl (C=O) groups is 2. The van der Waals surface area contributed by atoms with Gasteiger partial charge in [-0.25, -0.2) is 13.6 Å². The summed E-state index contributed by atoms with van der Waals surface area (Å²) in [4.78, 5) is 32.0. The number of rotatable bonds is 4. The first-order valence-electron chi connectivity index (χ1n) is 9.72. The average Bonchev–Trinajstić information content (AvgIpc) is 3.10. The van der Waals surface area contributed by atoms with E-state index in [2.05, 4.69) is 4.90 Å². The third-order valence-electron chi connectivity index (χ3n) is 5.44. The molecule has 2 heterocycles. The van der Waals surface area contributed by atoms with Crippen LogP contribution in [0.1, 0.15) is 0 Å². The summed E-state index contributed by atoms with van der Waals surface area (Å²) in [6, 6.07) is 10.6. The fourth-order valence-corrected chi connectivity index (χ4v) is 3.96. The van der Waals surface area contributed by atoms with Gasteiger partial charge in [0.1, 0.15) is 6.54 Å². The maximum atomic E-state index is 13.5. The van der Waals surface area contributed by atoms with Gasteiger partial charge in [0.15, 0.2) is 11.6 Å². The van der Waals surface area contributed by atoms with Crippen LogP contribution in [0.4, 0.5) is 25.0 Å². The number of piperazine rings is 1. The monoisotopic (exact) mass is 434 g/mol. The standard InChI is InChI=1S/C21H21ClF2N4O2/c22-15-2-1-3-16(12-15)25-6-8-26(9-7-25)20(29)14-27-10-11-28(21(27)30)17-4-5-18(23)19(24)13-17/h1-5,12-13H,6-11,14H2. The van der Waals surface area contributed by atoms with E-state index in [0.29, 0.717) is 44.3 Å². The molecule has 2 aromatic carbocycles. The van der Waals surface area contributed by atoms with Crippen LogP contribution < -0.4 is 9.80 Å². The lowest BCUT2D eigenvalue weighted by molar-refractivity contribution is -0.131. The van der Waals surface area contributed by atoms with E-state index in [1.54, 1.807) is 4.90 Å². The molecule has 0 unspecified atom stereocenters. The quantitative estimate of drug-likeness (QED) is 0.742. The highest BCUT2D eigenvalue weighted by molar-refractivity contribution is 6.30. The molecule has 2 fully saturated rings. The van der Waals surface area contributed by atoms with Crippen molar-refractivity contribution in [1.82, 2.24) is 9.80 Å². The topological polar surface area (TPSA) is 47.1 Å². The Morgan fingerprint density at radius 2 is 1.67 bits per heavy atom. The molecule has 0 saturated carbocycles. The smallest absolute Gasteiger partial charge is 0.325 e. The van der Waals surface area contributed by atoms with E-state index < -0.39 is 11.6 Å². The number of benzene rings is 2. The van der Waals surface area contributed by atoms with Crippen molar-refractivity contribution in [2.24, 2.45) is 0 Å². The Labute approximate surface area is 178 Å². The van der Waals surface area contributed by atoms with Crippen LogP contribution in [-0.2, 0) is 4.79 Å². The highest BCUT2D eigenvalue weighted by atomic mass is 35.5. The van der Waals surface area contributed by atoms with Crippen molar-refractivity contribution < 1.29 is 18.4 Å². The fourth-order valence-electron chi connectivity index (χ4n) is 3.77. The van der Waals surface area contributed by atoms with E-state index in [9.17, 15) is 18.4 Å². The lowest BCUT2D eigenvalue weighted by Crippen LogP contribution is -2.51. The summed E-state index contributed by atoms with van der Waals surface area (Å²) in [7, 11) is 0. The number of amides is 3. The molecular formula is C21H21ClF2N4O2. The molecule has 2 aliphatic rings. The number of urea groups is 1. The summed E-state index contributed by atoms with van der Waals surface area (Å²) in [6.45, 7) is 3.12. The van der Waals surface area contributed by atoms with Crippen molar-refractivity contribution >= 4 is 34.9 Å². The predicted molar refractivity (Wildman–Crippen MR) is 111 cm³/mol. The van der Waals surface area contributed by atoms with Crippen LogP contribution in [0.3, 0.4) is 0 Å². The Hall–Kier alpha value is -2.87. The van der Waals surface area contributed by atoms with Gasteiger partial charge in [-0.05, 0) is 30.3 Å². The van der Waals surface area contributed by atoms with Gasteiger partial charge in [0.25, 0.3) is 0 Å². The molecule has 6 nitrogen and oxygen atoms in total. The zero-order valence-corrected chi connectivity index (χ0v) is 17.0. The zero-order chi connectivity index (χ0) is 21.3. The molecule has 2 aliphatic heterocycles. The van der Waals surface area contributed by atoms with Crippen LogP contribution in [0.2, 0.25) is 5.02 Å². The summed E-state index contributed by atoms with van der Waals surface area (Å²) in [5.74, 6) is -2.09. The van der Waals surface area contributed by atoms with E-state index in [4.69, 9.17) is 11.6 Å². The molecule has 0 aromatic heterocycles. The minimum absolute atomic E-state index is 0.0316. The highest BCUT2D eigenvalue weighted by Crippen LogP contribution is 2.23. The number of hydrogen-bond donors (Lipinski definition) is 0. The Kier molecular flexibility index (Phi) is 5.76. The summed E-state index contributed by atoms with van der Waals surface area (Å²) >= 11 is 6.05. The summed E-state index contributed by atoms with van der Waals surface area (Å²) in [6.07, 6.45) is 0. The van der Waals surface area contributed by atoms with Crippen molar-refractivity contribution in [3.63, 3.8) is 0 Å². The molecule has 4 rings (SSSR count). The molecule has 0 spiro atoms. The van der Waals surface area contributed by atoms with Gasteiger partial charge in [-0.3, -0.25) is 9.69 Å². The third-order valence-corrected chi connectivity index (χ3v) is 5.68. The minimum Gasteiger partial charge on any atom is -0.368 e. The van der Waals surface area contributed by atoms with Crippen molar-refractivity contribution in [2.75, 3.05) is 55.6 Å². The minimum atomic E-state index is -1.01. The SMILES string of the molecule is O=C(CN1CCN(c2ccc(F)c(F)c2)C1=O)N1CCN(c2cccc(Cl)c2)CC1. The van der Waals surface area contributed by atoms with Gasteiger partial charge >= 0.3 is 6.03 Å². The predicted octanol–water partition coefficient (Wildman–Crippen LogP) is 3.21. The molecule has 3 amide bonds. The number of nitrogens with zero attached hydrogens (tertiary/aromatic N) is 4. The maximum Gasteiger partial charge on any atom is 0.325 e. The second-order valence-corrected chi connectivity index (χ2v) is 7.74. The van der Waals surface area contributed by atoms with E-state index >= 15 is 0 Å². The molecule has 158 valence electrons. The average molecular weight is 435 g/mol. The zero-order valence-electron chi connectivity index (χ0n) is 16.2. The highest BCUT2D eigenvalue weighted by Gasteiger charge is 2.33. The van der Waals surface area contributed by atoms with Gasteiger partial charge in [-0.15, -0.1) is 0 Å². The molecule has 2 aromatic rings. The summed E-state index contributed by atoms with van der Waals surface area (Å²) in [5.41, 5.74) is 1.30. The second-order valence-electron chi connectivity index (χ2n) is 7.30. The van der Waals surface area contributed by atoms with E-state index in [0.717, 1.165) is 17.8 Å². The Morgan fingerprint density at radius 1 is 0.900 bits per heavy atom. The molecular weight excluding hydrogens is 414 g/mol. The summed E-state index contributed by atoms with van der Waals surface area (Å²) < 4.78 is 26.6. The number of anilines is 2. The number of hydrogen-bond acceptors (Lipinski definition) is 3. The number of carbonyl (C=O) groups excluding carboxylic acids is 2. The van der Waals surface area contributed by atoms with Crippen molar-refractivity contribution in [1.29, 1.82) is 0 Å². The van der Waals surface area contributed by atoms with Crippen LogP contribution >= 0.6 is 11.6 Å². The Morgan fingerprint density at radius 3 is 2.37 bits per heavy atom. The molecule has 30 heavy (non-hydrogen) atoms.